The zero-order valence-corrected chi connectivity index (χ0v) is 7.66. The van der Waals surface area contributed by atoms with E-state index in [4.69, 9.17) is 5.21 Å². The molecule has 0 aliphatic rings. The highest BCUT2D eigenvalue weighted by Gasteiger charge is 2.21. The minimum absolute atomic E-state index is 0.189. The van der Waals surface area contributed by atoms with E-state index >= 15 is 0 Å². The smallest absolute Gasteiger partial charge is 0.203 e. The molecule has 1 atom stereocenters. The molecule has 0 bridgehead atoms. The van der Waals surface area contributed by atoms with Crippen molar-refractivity contribution in [1.82, 2.24) is 0 Å². The first-order valence-electron chi connectivity index (χ1n) is 3.48. The Kier molecular flexibility index (Phi) is 4.38. The maximum Gasteiger partial charge on any atom is 0.203 e. The van der Waals surface area contributed by atoms with Gasteiger partial charge < -0.3 is 10.1 Å². The highest BCUT2D eigenvalue weighted by Crippen LogP contribution is 2.45. The lowest BCUT2D eigenvalue weighted by Crippen LogP contribution is -2.01. The van der Waals surface area contributed by atoms with Crippen LogP contribution in [0.4, 0.5) is 0 Å². The Morgan fingerprint density at radius 1 is 1.64 bits per heavy atom. The van der Waals surface area contributed by atoms with Crippen molar-refractivity contribution in [1.29, 1.82) is 0 Å². The molecule has 0 amide bonds. The van der Waals surface area contributed by atoms with Crippen LogP contribution in [-0.2, 0) is 4.57 Å². The molecule has 11 heavy (non-hydrogen) atoms. The molecule has 0 aliphatic heterocycles. The molecule has 5 heteroatoms. The van der Waals surface area contributed by atoms with Crippen LogP contribution in [0.3, 0.4) is 0 Å². The summed E-state index contributed by atoms with van der Waals surface area (Å²) >= 11 is 0. The molecule has 0 rings (SSSR count). The second-order valence-electron chi connectivity index (χ2n) is 2.66. The van der Waals surface area contributed by atoms with Gasteiger partial charge in [-0.1, -0.05) is 13.8 Å². The van der Waals surface area contributed by atoms with Crippen molar-refractivity contribution in [2.75, 3.05) is 6.16 Å². The summed E-state index contributed by atoms with van der Waals surface area (Å²) in [6.07, 6.45) is 1.77. The van der Waals surface area contributed by atoms with Crippen molar-refractivity contribution in [3.8, 4) is 0 Å². The summed E-state index contributed by atoms with van der Waals surface area (Å²) in [6, 6.07) is 0. The maximum absolute atomic E-state index is 11.2. The molecule has 0 aromatic heterocycles. The van der Waals surface area contributed by atoms with Crippen LogP contribution in [0, 0.1) is 0 Å². The maximum atomic E-state index is 11.2. The number of hydrogen-bond acceptors (Lipinski definition) is 3. The molecule has 0 heterocycles. The van der Waals surface area contributed by atoms with Crippen LogP contribution in [0.25, 0.3) is 0 Å². The Morgan fingerprint density at radius 2 is 2.18 bits per heavy atom. The third-order valence-corrected chi connectivity index (χ3v) is 3.98. The van der Waals surface area contributed by atoms with Crippen LogP contribution < -0.4 is 0 Å². The van der Waals surface area contributed by atoms with Gasteiger partial charge in [0.2, 0.25) is 7.37 Å². The van der Waals surface area contributed by atoms with Crippen LogP contribution in [0.1, 0.15) is 20.3 Å². The van der Waals surface area contributed by atoms with E-state index in [-0.39, 0.29) is 11.8 Å². The van der Waals surface area contributed by atoms with Crippen molar-refractivity contribution in [2.45, 2.75) is 25.9 Å². The molecular formula is C6H14NO3P. The van der Waals surface area contributed by atoms with Gasteiger partial charge in [-0.25, -0.2) is 0 Å². The lowest BCUT2D eigenvalue weighted by atomic mass is 10.5. The lowest BCUT2D eigenvalue weighted by molar-refractivity contribution is 0.320. The SMILES string of the molecule is CC(C)P(=O)(O)CCC=NO. The summed E-state index contributed by atoms with van der Waals surface area (Å²) in [6.45, 7) is 3.41. The van der Waals surface area contributed by atoms with E-state index in [1.165, 1.54) is 6.21 Å². The monoisotopic (exact) mass is 179 g/mol. The van der Waals surface area contributed by atoms with Gasteiger partial charge in [0.15, 0.2) is 0 Å². The normalized spacial score (nSPS) is 17.5. The largest absolute Gasteiger partial charge is 0.411 e. The molecule has 1 unspecified atom stereocenters. The molecule has 0 saturated heterocycles. The zero-order valence-electron chi connectivity index (χ0n) is 6.77. The fraction of sp³-hybridized carbons (Fsp3) is 0.833. The van der Waals surface area contributed by atoms with E-state index in [2.05, 4.69) is 5.16 Å². The standard InChI is InChI=1S/C6H14NO3P/c1-6(2)11(9,10)5-3-4-7-8/h4,6,8H,3,5H2,1-2H3,(H,9,10). The van der Waals surface area contributed by atoms with Crippen LogP contribution in [0.15, 0.2) is 5.16 Å². The average Bonchev–Trinajstić information content (AvgIpc) is 1.88. The highest BCUT2D eigenvalue weighted by atomic mass is 31.2. The first kappa shape index (κ1) is 10.7. The number of hydrogen-bond donors (Lipinski definition) is 2. The Hall–Kier alpha value is -0.340. The zero-order chi connectivity index (χ0) is 8.91. The summed E-state index contributed by atoms with van der Waals surface area (Å²) in [5.74, 6) is 0. The predicted molar refractivity (Wildman–Crippen MR) is 44.7 cm³/mol. The molecular weight excluding hydrogens is 165 g/mol. The third-order valence-electron chi connectivity index (χ3n) is 1.47. The van der Waals surface area contributed by atoms with E-state index in [1.54, 1.807) is 13.8 Å². The van der Waals surface area contributed by atoms with E-state index < -0.39 is 7.37 Å². The molecule has 2 N–H and O–H groups in total. The summed E-state index contributed by atoms with van der Waals surface area (Å²) in [5.41, 5.74) is -0.213. The quantitative estimate of drug-likeness (QED) is 0.297. The molecule has 0 aromatic rings. The lowest BCUT2D eigenvalue weighted by Gasteiger charge is -2.13. The number of rotatable bonds is 4. The van der Waals surface area contributed by atoms with Gasteiger partial charge in [0.25, 0.3) is 0 Å². The van der Waals surface area contributed by atoms with Gasteiger partial charge >= 0.3 is 0 Å². The number of nitrogens with zero attached hydrogens (tertiary/aromatic N) is 1. The van der Waals surface area contributed by atoms with Gasteiger partial charge in [-0.3, -0.25) is 4.57 Å². The van der Waals surface area contributed by atoms with Gasteiger partial charge in [0.05, 0.1) is 0 Å². The second-order valence-corrected chi connectivity index (χ2v) is 5.65. The van der Waals surface area contributed by atoms with Crippen molar-refractivity contribution >= 4 is 13.6 Å². The Morgan fingerprint density at radius 3 is 2.55 bits per heavy atom. The second kappa shape index (κ2) is 4.52. The van der Waals surface area contributed by atoms with Gasteiger partial charge in [-0.15, -0.1) is 5.16 Å². The first-order valence-corrected chi connectivity index (χ1v) is 5.39. The Balaban J connectivity index is 3.83. The third kappa shape index (κ3) is 4.17. The summed E-state index contributed by atoms with van der Waals surface area (Å²) < 4.78 is 11.2. The van der Waals surface area contributed by atoms with E-state index in [0.717, 1.165) is 0 Å². The summed E-state index contributed by atoms with van der Waals surface area (Å²) in [4.78, 5) is 9.23. The Labute approximate surface area is 66.4 Å². The topological polar surface area (TPSA) is 69.9 Å². The molecule has 66 valence electrons. The first-order chi connectivity index (χ1) is 5.00. The molecule has 0 saturated carbocycles. The van der Waals surface area contributed by atoms with Crippen molar-refractivity contribution in [2.24, 2.45) is 5.16 Å². The molecule has 0 aliphatic carbocycles. The summed E-state index contributed by atoms with van der Waals surface area (Å²) in [7, 11) is -3.00. The Bertz CT molecular complexity index is 179. The van der Waals surface area contributed by atoms with Crippen LogP contribution >= 0.6 is 7.37 Å². The van der Waals surface area contributed by atoms with Crippen LogP contribution in [-0.4, -0.2) is 28.1 Å². The van der Waals surface area contributed by atoms with Crippen molar-refractivity contribution < 1.29 is 14.7 Å². The minimum Gasteiger partial charge on any atom is -0.411 e. The molecule has 0 spiro atoms. The van der Waals surface area contributed by atoms with Crippen LogP contribution in [0.5, 0.6) is 0 Å². The summed E-state index contributed by atoms with van der Waals surface area (Å²) in [5, 5.41) is 10.7. The average molecular weight is 179 g/mol. The van der Waals surface area contributed by atoms with Crippen molar-refractivity contribution in [3.05, 3.63) is 0 Å². The fourth-order valence-corrected chi connectivity index (χ4v) is 1.56. The molecule has 0 aromatic carbocycles. The van der Waals surface area contributed by atoms with Gasteiger partial charge in [0.1, 0.15) is 0 Å². The van der Waals surface area contributed by atoms with E-state index in [9.17, 15) is 9.46 Å². The highest BCUT2D eigenvalue weighted by molar-refractivity contribution is 7.58. The molecule has 0 fully saturated rings. The van der Waals surface area contributed by atoms with Crippen molar-refractivity contribution in [3.63, 3.8) is 0 Å². The van der Waals surface area contributed by atoms with Crippen LogP contribution in [0.2, 0.25) is 0 Å². The fourth-order valence-electron chi connectivity index (χ4n) is 0.559. The van der Waals surface area contributed by atoms with Gasteiger partial charge in [-0.2, -0.15) is 0 Å². The number of oxime groups is 1. The van der Waals surface area contributed by atoms with Gasteiger partial charge in [-0.05, 0) is 6.42 Å². The molecule has 4 nitrogen and oxygen atoms in total. The minimum atomic E-state index is -3.00. The molecule has 0 radical (unpaired) electrons. The van der Waals surface area contributed by atoms with E-state index in [0.29, 0.717) is 6.42 Å². The van der Waals surface area contributed by atoms with E-state index in [1.807, 2.05) is 0 Å². The predicted octanol–water partition coefficient (Wildman–Crippen LogP) is 1.52. The van der Waals surface area contributed by atoms with Gasteiger partial charge in [0, 0.05) is 18.0 Å².